The summed E-state index contributed by atoms with van der Waals surface area (Å²) in [4.78, 5) is 19.7. The normalized spacial score (nSPS) is 17.4. The zero-order chi connectivity index (χ0) is 23.9. The number of hydrogen-bond donors (Lipinski definition) is 0. The van der Waals surface area contributed by atoms with Crippen LogP contribution in [0.2, 0.25) is 0 Å². The van der Waals surface area contributed by atoms with Crippen molar-refractivity contribution in [3.63, 3.8) is 0 Å². The number of benzene rings is 3. The first kappa shape index (κ1) is 22.1. The second-order valence-corrected chi connectivity index (χ2v) is 9.41. The minimum atomic E-state index is -0.387. The van der Waals surface area contributed by atoms with Crippen molar-refractivity contribution in [2.45, 2.75) is 45.3 Å². The minimum Gasteiger partial charge on any atom is -0.483 e. The second kappa shape index (κ2) is 8.60. The molecule has 0 aromatic heterocycles. The second-order valence-electron chi connectivity index (χ2n) is 9.41. The Balaban J connectivity index is 1.41. The number of carbonyl (C=O) groups excluding carboxylic acids is 1. The standard InChI is InChI=1S/C28H27FN2O3/c1-18-21-12-8-13-22(29)25(21)30-27(18)31(16-19-9-5-4-6-10-19)24(32)17-33-23-14-7-11-20-15-28(2,3)34-26(20)23/h4-14,18H,15-17H2,1-3H3. The van der Waals surface area contributed by atoms with Gasteiger partial charge >= 0.3 is 0 Å². The number of fused-ring (bicyclic) bond motifs is 2. The topological polar surface area (TPSA) is 51.1 Å². The molecule has 2 aliphatic heterocycles. The molecule has 2 aliphatic rings. The van der Waals surface area contributed by atoms with Crippen LogP contribution in [-0.2, 0) is 17.8 Å². The molecule has 1 unspecified atom stereocenters. The molecule has 3 aromatic carbocycles. The average molecular weight is 459 g/mol. The predicted octanol–water partition coefficient (Wildman–Crippen LogP) is 5.79. The summed E-state index contributed by atoms with van der Waals surface area (Å²) in [5, 5.41) is 0. The molecule has 0 aliphatic carbocycles. The molecule has 0 saturated carbocycles. The minimum absolute atomic E-state index is 0.183. The molecule has 0 spiro atoms. The van der Waals surface area contributed by atoms with Crippen LogP contribution in [-0.4, -0.2) is 28.9 Å². The number of ether oxygens (including phenoxy) is 2. The quantitative estimate of drug-likeness (QED) is 0.486. The number of hydrogen-bond acceptors (Lipinski definition) is 4. The van der Waals surface area contributed by atoms with Crippen LogP contribution in [0.25, 0.3) is 0 Å². The molecular formula is C28H27FN2O3. The molecule has 5 rings (SSSR count). The van der Waals surface area contributed by atoms with Crippen LogP contribution in [0, 0.1) is 5.82 Å². The molecule has 0 saturated heterocycles. The summed E-state index contributed by atoms with van der Waals surface area (Å²) in [5.41, 5.74) is 2.78. The summed E-state index contributed by atoms with van der Waals surface area (Å²) in [6.07, 6.45) is 0.783. The summed E-state index contributed by atoms with van der Waals surface area (Å²) >= 11 is 0. The summed E-state index contributed by atoms with van der Waals surface area (Å²) in [5.74, 6) is 0.902. The lowest BCUT2D eigenvalue weighted by Gasteiger charge is -2.26. The molecule has 3 aromatic rings. The Morgan fingerprint density at radius 1 is 1.12 bits per heavy atom. The van der Waals surface area contributed by atoms with Crippen LogP contribution in [0.1, 0.15) is 43.4 Å². The van der Waals surface area contributed by atoms with E-state index in [1.54, 1.807) is 11.0 Å². The van der Waals surface area contributed by atoms with E-state index in [0.717, 1.165) is 23.1 Å². The van der Waals surface area contributed by atoms with Crippen molar-refractivity contribution in [3.05, 3.63) is 89.2 Å². The van der Waals surface area contributed by atoms with Crippen molar-refractivity contribution in [3.8, 4) is 11.5 Å². The van der Waals surface area contributed by atoms with E-state index in [2.05, 4.69) is 4.99 Å². The van der Waals surface area contributed by atoms with Crippen molar-refractivity contribution < 1.29 is 18.7 Å². The van der Waals surface area contributed by atoms with Crippen molar-refractivity contribution >= 4 is 17.4 Å². The molecule has 6 heteroatoms. The molecule has 0 radical (unpaired) electrons. The monoisotopic (exact) mass is 458 g/mol. The number of halogens is 1. The Morgan fingerprint density at radius 3 is 2.65 bits per heavy atom. The highest BCUT2D eigenvalue weighted by molar-refractivity contribution is 6.05. The third kappa shape index (κ3) is 4.16. The first-order valence-corrected chi connectivity index (χ1v) is 11.5. The fraction of sp³-hybridized carbons (Fsp3) is 0.286. The smallest absolute Gasteiger partial charge is 0.266 e. The van der Waals surface area contributed by atoms with Gasteiger partial charge in [-0.2, -0.15) is 0 Å². The summed E-state index contributed by atoms with van der Waals surface area (Å²) in [7, 11) is 0. The fourth-order valence-electron chi connectivity index (χ4n) is 4.63. The van der Waals surface area contributed by atoms with Gasteiger partial charge in [0, 0.05) is 17.9 Å². The highest BCUT2D eigenvalue weighted by Gasteiger charge is 2.34. The lowest BCUT2D eigenvalue weighted by molar-refractivity contribution is -0.130. The van der Waals surface area contributed by atoms with Crippen LogP contribution in [0.4, 0.5) is 10.1 Å². The van der Waals surface area contributed by atoms with Gasteiger partial charge in [-0.3, -0.25) is 9.69 Å². The Hall–Kier alpha value is -3.67. The Morgan fingerprint density at radius 2 is 1.88 bits per heavy atom. The van der Waals surface area contributed by atoms with Crippen LogP contribution in [0.15, 0.2) is 71.7 Å². The molecule has 2 heterocycles. The van der Waals surface area contributed by atoms with Crippen molar-refractivity contribution in [1.29, 1.82) is 0 Å². The third-order valence-electron chi connectivity index (χ3n) is 6.27. The maximum absolute atomic E-state index is 14.4. The van der Waals surface area contributed by atoms with Gasteiger partial charge in [-0.25, -0.2) is 9.38 Å². The number of amides is 1. The summed E-state index contributed by atoms with van der Waals surface area (Å²) in [6, 6.07) is 20.3. The van der Waals surface area contributed by atoms with Gasteiger partial charge in [0.05, 0.1) is 6.54 Å². The largest absolute Gasteiger partial charge is 0.483 e. The molecule has 0 fully saturated rings. The molecule has 5 nitrogen and oxygen atoms in total. The van der Waals surface area contributed by atoms with E-state index in [1.807, 2.05) is 75.4 Å². The van der Waals surface area contributed by atoms with E-state index in [4.69, 9.17) is 9.47 Å². The van der Waals surface area contributed by atoms with E-state index in [-0.39, 0.29) is 29.9 Å². The number of para-hydroxylation sites is 2. The van der Waals surface area contributed by atoms with Gasteiger partial charge in [0.2, 0.25) is 0 Å². The average Bonchev–Trinajstić information content (AvgIpc) is 3.32. The first-order chi connectivity index (χ1) is 16.3. The first-order valence-electron chi connectivity index (χ1n) is 11.5. The van der Waals surface area contributed by atoms with Gasteiger partial charge in [0.1, 0.15) is 22.9 Å². The Kier molecular flexibility index (Phi) is 5.60. The van der Waals surface area contributed by atoms with E-state index in [1.165, 1.54) is 6.07 Å². The number of carbonyl (C=O) groups is 1. The lowest BCUT2D eigenvalue weighted by atomic mass is 10.00. The van der Waals surface area contributed by atoms with E-state index in [9.17, 15) is 9.18 Å². The van der Waals surface area contributed by atoms with Crippen LogP contribution in [0.5, 0.6) is 11.5 Å². The molecule has 1 amide bonds. The van der Waals surface area contributed by atoms with Gasteiger partial charge in [-0.15, -0.1) is 0 Å². The lowest BCUT2D eigenvalue weighted by Crippen LogP contribution is -2.40. The summed E-state index contributed by atoms with van der Waals surface area (Å²) < 4.78 is 26.5. The maximum Gasteiger partial charge on any atom is 0.266 e. The third-order valence-corrected chi connectivity index (χ3v) is 6.27. The van der Waals surface area contributed by atoms with Crippen molar-refractivity contribution in [2.24, 2.45) is 4.99 Å². The molecule has 0 N–H and O–H groups in total. The number of rotatable bonds is 5. The zero-order valence-electron chi connectivity index (χ0n) is 19.5. The van der Waals surface area contributed by atoms with Gasteiger partial charge in [-0.1, -0.05) is 61.5 Å². The fourth-order valence-corrected chi connectivity index (χ4v) is 4.63. The SMILES string of the molecule is CC1C(N(Cc2ccccc2)C(=O)COc2cccc3c2OC(C)(C)C3)=Nc2c(F)cccc21. The van der Waals surface area contributed by atoms with Gasteiger partial charge < -0.3 is 9.47 Å². The Bertz CT molecular complexity index is 1270. The number of nitrogens with zero attached hydrogens (tertiary/aromatic N) is 2. The van der Waals surface area contributed by atoms with E-state index < -0.39 is 0 Å². The molecular weight excluding hydrogens is 431 g/mol. The van der Waals surface area contributed by atoms with Crippen molar-refractivity contribution in [1.82, 2.24) is 4.90 Å². The summed E-state index contributed by atoms with van der Waals surface area (Å²) in [6.45, 7) is 6.13. The predicted molar refractivity (Wildman–Crippen MR) is 129 cm³/mol. The maximum atomic E-state index is 14.4. The van der Waals surface area contributed by atoms with Gasteiger partial charge in [-0.05, 0) is 37.1 Å². The van der Waals surface area contributed by atoms with Gasteiger partial charge in [0.25, 0.3) is 5.91 Å². The van der Waals surface area contributed by atoms with E-state index >= 15 is 0 Å². The van der Waals surface area contributed by atoms with Crippen LogP contribution in [0.3, 0.4) is 0 Å². The van der Waals surface area contributed by atoms with Crippen molar-refractivity contribution in [2.75, 3.05) is 6.61 Å². The molecule has 1 atom stereocenters. The van der Waals surface area contributed by atoms with Crippen LogP contribution >= 0.6 is 0 Å². The number of aliphatic imine (C=N–C) groups is 1. The zero-order valence-corrected chi connectivity index (χ0v) is 19.5. The van der Waals surface area contributed by atoms with Gasteiger partial charge in [0.15, 0.2) is 18.1 Å². The Labute approximate surface area is 198 Å². The van der Waals surface area contributed by atoms with E-state index in [0.29, 0.717) is 29.6 Å². The molecule has 34 heavy (non-hydrogen) atoms. The number of amidine groups is 1. The van der Waals surface area contributed by atoms with Crippen LogP contribution < -0.4 is 9.47 Å². The molecule has 0 bridgehead atoms. The highest BCUT2D eigenvalue weighted by Crippen LogP contribution is 2.42. The molecule has 174 valence electrons. The highest BCUT2D eigenvalue weighted by atomic mass is 19.1.